The molecule has 0 spiro atoms. The Labute approximate surface area is 290 Å². The third kappa shape index (κ3) is 4.73. The summed E-state index contributed by atoms with van der Waals surface area (Å²) in [4.78, 5) is 43.7. The van der Waals surface area contributed by atoms with Gasteiger partial charge in [0.15, 0.2) is 5.78 Å². The van der Waals surface area contributed by atoms with Gasteiger partial charge in [0.1, 0.15) is 12.2 Å². The molecule has 2 bridgehead atoms. The Kier molecular flexibility index (Phi) is 9.51. The van der Waals surface area contributed by atoms with Crippen LogP contribution in [0.2, 0.25) is 0 Å². The van der Waals surface area contributed by atoms with Gasteiger partial charge in [-0.25, -0.2) is 0 Å². The molecule has 3 saturated carbocycles. The third-order valence-corrected chi connectivity index (χ3v) is 16.1. The van der Waals surface area contributed by atoms with E-state index in [1.165, 1.54) is 6.92 Å². The molecule has 0 amide bonds. The molecule has 8 nitrogen and oxygen atoms in total. The van der Waals surface area contributed by atoms with Crippen molar-refractivity contribution in [1.82, 2.24) is 4.90 Å². The summed E-state index contributed by atoms with van der Waals surface area (Å²) in [7, 11) is 4.17. The Balaban J connectivity index is 1.65. The molecule has 272 valence electrons. The van der Waals surface area contributed by atoms with Gasteiger partial charge in [-0.05, 0) is 100 Å². The number of hydrogen-bond donors (Lipinski definition) is 1. The summed E-state index contributed by atoms with van der Waals surface area (Å²) in [6.07, 6.45) is 4.94. The van der Waals surface area contributed by atoms with Crippen LogP contribution in [-0.4, -0.2) is 79.4 Å². The first-order chi connectivity index (χ1) is 22.1. The minimum Gasteiger partial charge on any atom is -0.481 e. The van der Waals surface area contributed by atoms with Crippen molar-refractivity contribution in [1.29, 1.82) is 0 Å². The summed E-state index contributed by atoms with van der Waals surface area (Å²) < 4.78 is 19.7. The molecule has 1 N–H and O–H groups in total. The molecule has 0 aromatic rings. The first-order valence-electron chi connectivity index (χ1n) is 18.7. The van der Waals surface area contributed by atoms with Crippen molar-refractivity contribution in [2.45, 2.75) is 126 Å². The highest BCUT2D eigenvalue weighted by molar-refractivity contribution is 6.02. The smallest absolute Gasteiger partial charge is 0.311 e. The fourth-order valence-corrected chi connectivity index (χ4v) is 12.4. The first-order valence-corrected chi connectivity index (χ1v) is 18.7. The van der Waals surface area contributed by atoms with Crippen LogP contribution in [0.3, 0.4) is 0 Å². The quantitative estimate of drug-likeness (QED) is 0.260. The number of carbonyl (C=O) groups excluding carboxylic acids is 2. The molecule has 4 fully saturated rings. The van der Waals surface area contributed by atoms with Crippen LogP contribution in [0, 0.1) is 62.6 Å². The molecule has 48 heavy (non-hydrogen) atoms. The van der Waals surface area contributed by atoms with E-state index in [1.54, 1.807) is 0 Å². The van der Waals surface area contributed by atoms with Crippen molar-refractivity contribution in [2.24, 2.45) is 62.6 Å². The van der Waals surface area contributed by atoms with Crippen LogP contribution in [0.5, 0.6) is 0 Å². The monoisotopic (exact) mass is 671 g/mol. The lowest BCUT2D eigenvalue weighted by Crippen LogP contribution is -2.73. The van der Waals surface area contributed by atoms with E-state index in [0.717, 1.165) is 31.3 Å². The van der Waals surface area contributed by atoms with E-state index in [1.807, 2.05) is 13.0 Å². The number of carbonyl (C=O) groups is 3. The summed E-state index contributed by atoms with van der Waals surface area (Å²) in [6, 6.07) is 0. The topological polar surface area (TPSA) is 102 Å². The van der Waals surface area contributed by atoms with Crippen molar-refractivity contribution in [3.05, 3.63) is 11.6 Å². The summed E-state index contributed by atoms with van der Waals surface area (Å²) in [5, 5.41) is 11.2. The number of nitrogens with zero attached hydrogens (tertiary/aromatic N) is 1. The Bertz CT molecular complexity index is 1330. The molecule has 12 atom stereocenters. The van der Waals surface area contributed by atoms with Gasteiger partial charge in [0.25, 0.3) is 0 Å². The summed E-state index contributed by atoms with van der Waals surface area (Å²) in [6.45, 7) is 24.3. The van der Waals surface area contributed by atoms with E-state index < -0.39 is 39.1 Å². The van der Waals surface area contributed by atoms with Crippen LogP contribution < -0.4 is 0 Å². The normalized spacial score (nSPS) is 44.3. The van der Waals surface area contributed by atoms with Gasteiger partial charge in [-0.2, -0.15) is 0 Å². The van der Waals surface area contributed by atoms with Crippen LogP contribution in [0.25, 0.3) is 0 Å². The standard InChI is InChI=1S/C40H65NO7/c1-23(2)26(6)40(34(44)45)25(5)16-17-36(9)28-14-15-31-35(8)20-46-22-39(31,29(28)18-32(43)38(36,40)11)19-30(48-27(7)42)33(35)47-21-37(10,24(3)4)41(12)13/h18,23-26,28,30-31,33H,14-17,19-22H2,1-13H3,(H,44,45)/t25?,26-,28+,30-,31+,33+,35+,36-,37-,38-,39-,40-/m1/s1. The number of aliphatic carboxylic acids is 1. The first kappa shape index (κ1) is 37.5. The molecule has 5 rings (SSSR count). The number of hydrogen-bond acceptors (Lipinski definition) is 7. The van der Waals surface area contributed by atoms with Crippen molar-refractivity contribution >= 4 is 17.7 Å². The molecule has 5 aliphatic rings. The number of carboxylic acid groups (broad SMARTS) is 1. The average Bonchev–Trinajstić information content (AvgIpc) is 2.97. The minimum atomic E-state index is -1.19. The second kappa shape index (κ2) is 12.2. The van der Waals surface area contributed by atoms with Crippen molar-refractivity contribution < 1.29 is 33.7 Å². The molecule has 1 heterocycles. The fraction of sp³-hybridized carbons (Fsp3) is 0.875. The van der Waals surface area contributed by atoms with Gasteiger partial charge < -0.3 is 24.2 Å². The van der Waals surface area contributed by atoms with Gasteiger partial charge >= 0.3 is 11.9 Å². The molecule has 0 aromatic carbocycles. The van der Waals surface area contributed by atoms with Crippen molar-refractivity contribution in [3.8, 4) is 0 Å². The number of rotatable bonds is 9. The van der Waals surface area contributed by atoms with E-state index in [-0.39, 0.29) is 53.0 Å². The number of ketones is 1. The maximum atomic E-state index is 15.1. The van der Waals surface area contributed by atoms with E-state index in [9.17, 15) is 14.7 Å². The predicted molar refractivity (Wildman–Crippen MR) is 186 cm³/mol. The van der Waals surface area contributed by atoms with Crippen LogP contribution in [0.15, 0.2) is 11.6 Å². The van der Waals surface area contributed by atoms with E-state index in [2.05, 4.69) is 81.3 Å². The molecule has 0 radical (unpaired) electrons. The zero-order valence-electron chi connectivity index (χ0n) is 32.2. The molecule has 8 heteroatoms. The van der Waals surface area contributed by atoms with Crippen LogP contribution in [-0.2, 0) is 28.6 Å². The van der Waals surface area contributed by atoms with Gasteiger partial charge in [0.05, 0.1) is 30.7 Å². The van der Waals surface area contributed by atoms with Crippen LogP contribution in [0.4, 0.5) is 0 Å². The summed E-state index contributed by atoms with van der Waals surface area (Å²) in [5.41, 5.74) is -2.89. The second-order valence-electron chi connectivity index (χ2n) is 18.5. The van der Waals surface area contributed by atoms with E-state index in [4.69, 9.17) is 14.2 Å². The third-order valence-electron chi connectivity index (χ3n) is 16.1. The molecule has 4 aliphatic carbocycles. The summed E-state index contributed by atoms with van der Waals surface area (Å²) >= 11 is 0. The number of esters is 1. The van der Waals surface area contributed by atoms with Gasteiger partial charge in [-0.1, -0.05) is 67.9 Å². The lowest BCUT2D eigenvalue weighted by molar-refractivity contribution is -0.271. The molecule has 1 saturated heterocycles. The maximum absolute atomic E-state index is 15.1. The van der Waals surface area contributed by atoms with Gasteiger partial charge in [-0.15, -0.1) is 0 Å². The number of allylic oxidation sites excluding steroid dienone is 1. The number of likely N-dealkylation sites (N-methyl/N-ethyl adjacent to an activating group) is 1. The SMILES string of the molecule is CC(=O)O[C@@H]1C[C@]23COC[C@@](C)([C@@H]2CC[C@H]2C3=CC(=O)[C@]3(C)[C@]2(C)CCC(C)[C@]3(C(=O)O)[C@H](C)C(C)C)[C@H]1OC[C@](C)(C(C)C)N(C)C. The number of ether oxygens (including phenoxy) is 3. The predicted octanol–water partition coefficient (Wildman–Crippen LogP) is 7.05. The maximum Gasteiger partial charge on any atom is 0.311 e. The lowest BCUT2D eigenvalue weighted by Gasteiger charge is -2.71. The van der Waals surface area contributed by atoms with E-state index in [0.29, 0.717) is 32.2 Å². The molecule has 0 aromatic heterocycles. The van der Waals surface area contributed by atoms with Gasteiger partial charge in [0, 0.05) is 23.3 Å². The fourth-order valence-electron chi connectivity index (χ4n) is 12.4. The zero-order chi connectivity index (χ0) is 36.0. The molecular formula is C40H65NO7. The Morgan fingerprint density at radius 2 is 1.73 bits per heavy atom. The highest BCUT2D eigenvalue weighted by Gasteiger charge is 2.77. The van der Waals surface area contributed by atoms with Crippen LogP contribution >= 0.6 is 0 Å². The van der Waals surface area contributed by atoms with Crippen molar-refractivity contribution in [2.75, 3.05) is 33.9 Å². The largest absolute Gasteiger partial charge is 0.481 e. The molecular weight excluding hydrogens is 606 g/mol. The molecule has 1 aliphatic heterocycles. The molecule has 1 unspecified atom stereocenters. The highest BCUT2D eigenvalue weighted by Crippen LogP contribution is 2.75. The van der Waals surface area contributed by atoms with E-state index >= 15 is 4.79 Å². The number of fused-ring (bicyclic) bond motifs is 3. The lowest BCUT2D eigenvalue weighted by atomic mass is 9.32. The average molecular weight is 672 g/mol. The van der Waals surface area contributed by atoms with Gasteiger partial charge in [0.2, 0.25) is 0 Å². The Morgan fingerprint density at radius 1 is 1.08 bits per heavy atom. The van der Waals surface area contributed by atoms with Crippen molar-refractivity contribution in [3.63, 3.8) is 0 Å². The number of carboxylic acids is 1. The van der Waals surface area contributed by atoms with Gasteiger partial charge in [-0.3, -0.25) is 14.4 Å². The van der Waals surface area contributed by atoms with Crippen LogP contribution in [0.1, 0.15) is 108 Å². The highest BCUT2D eigenvalue weighted by atomic mass is 16.6. The Morgan fingerprint density at radius 3 is 2.27 bits per heavy atom. The zero-order valence-corrected chi connectivity index (χ0v) is 32.2. The second-order valence-corrected chi connectivity index (χ2v) is 18.5. The summed E-state index contributed by atoms with van der Waals surface area (Å²) in [5.74, 6) is -0.921. The Hall–Kier alpha value is -1.77. The minimum absolute atomic E-state index is 0.0291.